The summed E-state index contributed by atoms with van der Waals surface area (Å²) in [5.41, 5.74) is 0. The van der Waals surface area contributed by atoms with Gasteiger partial charge in [-0.1, -0.05) is 54.2 Å². The van der Waals surface area contributed by atoms with Crippen molar-refractivity contribution in [3.8, 4) is 0 Å². The lowest BCUT2D eigenvalue weighted by atomic mass is 10.1. The molecule has 0 saturated heterocycles. The van der Waals surface area contributed by atoms with Crippen LogP contribution in [0, 0.1) is 0 Å². The lowest BCUT2D eigenvalue weighted by Crippen LogP contribution is -1.75. The van der Waals surface area contributed by atoms with Gasteiger partial charge in [0.2, 0.25) is 0 Å². The average Bonchev–Trinajstić information content (AvgIpc) is 2.88. The predicted octanol–water partition coefficient (Wildman–Crippen LogP) is 6.21. The highest BCUT2D eigenvalue weighted by molar-refractivity contribution is 7.99. The highest BCUT2D eigenvalue weighted by atomic mass is 32.2. The first-order valence-electron chi connectivity index (χ1n) is 6.55. The molecule has 0 aliphatic heterocycles. The third kappa shape index (κ3) is 2.01. The summed E-state index contributed by atoms with van der Waals surface area (Å²) in [5, 5.41) is 2.76. The normalized spacial score (nSPS) is 11.2. The molecule has 0 aliphatic rings. The fraction of sp³-hybridized carbons (Fsp3) is 0. The highest BCUT2D eigenvalue weighted by Crippen LogP contribution is 2.41. The van der Waals surface area contributed by atoms with Gasteiger partial charge in [0.1, 0.15) is 0 Å². The summed E-state index contributed by atoms with van der Waals surface area (Å²) in [6.45, 7) is 0. The van der Waals surface area contributed by atoms with E-state index in [4.69, 9.17) is 0 Å². The molecular weight excluding hydrogens is 280 g/mol. The Morgan fingerprint density at radius 1 is 0.650 bits per heavy atom. The third-order valence-corrected chi connectivity index (χ3v) is 5.54. The van der Waals surface area contributed by atoms with E-state index in [0.717, 1.165) is 0 Å². The van der Waals surface area contributed by atoms with Crippen molar-refractivity contribution in [3.63, 3.8) is 0 Å². The maximum absolute atomic E-state index is 2.23. The van der Waals surface area contributed by atoms with Crippen LogP contribution in [0.1, 0.15) is 0 Å². The van der Waals surface area contributed by atoms with Crippen molar-refractivity contribution in [3.05, 3.63) is 72.8 Å². The monoisotopic (exact) mass is 292 g/mol. The van der Waals surface area contributed by atoms with Gasteiger partial charge < -0.3 is 0 Å². The molecule has 4 rings (SSSR count). The molecule has 96 valence electrons. The first-order chi connectivity index (χ1) is 9.92. The van der Waals surface area contributed by atoms with Crippen molar-refractivity contribution in [2.45, 2.75) is 9.79 Å². The minimum atomic E-state index is 1.29. The quantitative estimate of drug-likeness (QED) is 0.423. The van der Waals surface area contributed by atoms with Gasteiger partial charge in [0.15, 0.2) is 0 Å². The Labute approximate surface area is 126 Å². The van der Waals surface area contributed by atoms with E-state index >= 15 is 0 Å². The van der Waals surface area contributed by atoms with E-state index in [0.29, 0.717) is 0 Å². The average molecular weight is 292 g/mol. The fourth-order valence-electron chi connectivity index (χ4n) is 2.44. The number of rotatable bonds is 2. The maximum atomic E-state index is 2.23. The first-order valence-corrected chi connectivity index (χ1v) is 8.18. The molecule has 0 radical (unpaired) electrons. The SMILES string of the molecule is c1ccc(Sc2cccc3sc4ccccc4c23)cc1. The lowest BCUT2D eigenvalue weighted by molar-refractivity contribution is 1.44. The Balaban J connectivity index is 1.95. The van der Waals surface area contributed by atoms with Crippen LogP contribution in [0.15, 0.2) is 82.6 Å². The molecule has 2 heteroatoms. The van der Waals surface area contributed by atoms with E-state index in [1.54, 1.807) is 0 Å². The van der Waals surface area contributed by atoms with Crippen LogP contribution < -0.4 is 0 Å². The summed E-state index contributed by atoms with van der Waals surface area (Å²) in [6.07, 6.45) is 0. The molecule has 4 aromatic rings. The zero-order valence-electron chi connectivity index (χ0n) is 10.7. The molecule has 3 aromatic carbocycles. The van der Waals surface area contributed by atoms with Crippen molar-refractivity contribution in [1.82, 2.24) is 0 Å². The van der Waals surface area contributed by atoms with Gasteiger partial charge in [-0.25, -0.2) is 0 Å². The third-order valence-electron chi connectivity index (χ3n) is 3.34. The maximum Gasteiger partial charge on any atom is 0.0366 e. The molecule has 0 unspecified atom stereocenters. The molecule has 0 atom stereocenters. The molecule has 20 heavy (non-hydrogen) atoms. The van der Waals surface area contributed by atoms with Gasteiger partial charge in [0.25, 0.3) is 0 Å². The van der Waals surface area contributed by atoms with Crippen LogP contribution in [0.2, 0.25) is 0 Å². The summed E-state index contributed by atoms with van der Waals surface area (Å²) in [5.74, 6) is 0. The number of benzene rings is 3. The highest BCUT2D eigenvalue weighted by Gasteiger charge is 2.09. The Kier molecular flexibility index (Phi) is 2.98. The van der Waals surface area contributed by atoms with Gasteiger partial charge in [-0.05, 0) is 30.3 Å². The van der Waals surface area contributed by atoms with Crippen LogP contribution >= 0.6 is 23.1 Å². The second-order valence-electron chi connectivity index (χ2n) is 4.64. The molecule has 0 bridgehead atoms. The van der Waals surface area contributed by atoms with E-state index in [-0.39, 0.29) is 0 Å². The summed E-state index contributed by atoms with van der Waals surface area (Å²) in [7, 11) is 0. The van der Waals surface area contributed by atoms with Crippen LogP contribution in [-0.2, 0) is 0 Å². The van der Waals surface area contributed by atoms with E-state index < -0.39 is 0 Å². The van der Waals surface area contributed by atoms with Crippen molar-refractivity contribution in [2.24, 2.45) is 0 Å². The minimum Gasteiger partial charge on any atom is -0.135 e. The van der Waals surface area contributed by atoms with Gasteiger partial charge in [-0.3, -0.25) is 0 Å². The lowest BCUT2D eigenvalue weighted by Gasteiger charge is -2.04. The Morgan fingerprint density at radius 3 is 2.30 bits per heavy atom. The number of hydrogen-bond donors (Lipinski definition) is 0. The summed E-state index contributed by atoms with van der Waals surface area (Å²) >= 11 is 3.72. The van der Waals surface area contributed by atoms with Crippen LogP contribution in [0.5, 0.6) is 0 Å². The Bertz CT molecular complexity index is 876. The number of fused-ring (bicyclic) bond motifs is 3. The van der Waals surface area contributed by atoms with Crippen LogP contribution in [0.3, 0.4) is 0 Å². The molecule has 0 nitrogen and oxygen atoms in total. The van der Waals surface area contributed by atoms with Gasteiger partial charge in [0.05, 0.1) is 0 Å². The van der Waals surface area contributed by atoms with Crippen LogP contribution in [-0.4, -0.2) is 0 Å². The standard InChI is InChI=1S/C18H12S2/c1-2-7-13(8-3-1)19-16-11-6-12-17-18(16)14-9-4-5-10-15(14)20-17/h1-12H. The fourth-order valence-corrected chi connectivity index (χ4v) is 4.66. The molecule has 1 aromatic heterocycles. The second-order valence-corrected chi connectivity index (χ2v) is 6.84. The smallest absolute Gasteiger partial charge is 0.0366 e. The van der Waals surface area contributed by atoms with Crippen molar-refractivity contribution >= 4 is 43.3 Å². The predicted molar refractivity (Wildman–Crippen MR) is 89.9 cm³/mol. The topological polar surface area (TPSA) is 0 Å². The van der Waals surface area contributed by atoms with Gasteiger partial charge in [-0.15, -0.1) is 11.3 Å². The Morgan fingerprint density at radius 2 is 1.40 bits per heavy atom. The van der Waals surface area contributed by atoms with E-state index in [2.05, 4.69) is 72.8 Å². The molecule has 1 heterocycles. The minimum absolute atomic E-state index is 1.29. The van der Waals surface area contributed by atoms with Gasteiger partial charge >= 0.3 is 0 Å². The summed E-state index contributed by atoms with van der Waals surface area (Å²) in [6, 6.07) is 25.8. The second kappa shape index (κ2) is 4.97. The van der Waals surface area contributed by atoms with E-state index in [9.17, 15) is 0 Å². The van der Waals surface area contributed by atoms with E-state index in [1.807, 2.05) is 23.1 Å². The molecule has 0 fully saturated rings. The van der Waals surface area contributed by atoms with Crippen molar-refractivity contribution < 1.29 is 0 Å². The van der Waals surface area contributed by atoms with E-state index in [1.165, 1.54) is 30.0 Å². The first kappa shape index (κ1) is 12.0. The van der Waals surface area contributed by atoms with Gasteiger partial charge in [-0.2, -0.15) is 0 Å². The zero-order chi connectivity index (χ0) is 13.4. The van der Waals surface area contributed by atoms with Crippen molar-refractivity contribution in [2.75, 3.05) is 0 Å². The molecule has 0 spiro atoms. The summed E-state index contributed by atoms with van der Waals surface area (Å²) in [4.78, 5) is 2.63. The largest absolute Gasteiger partial charge is 0.135 e. The molecule has 0 saturated carbocycles. The van der Waals surface area contributed by atoms with Gasteiger partial charge in [0, 0.05) is 30.0 Å². The number of thiophene rings is 1. The molecule has 0 amide bonds. The summed E-state index contributed by atoms with van der Waals surface area (Å²) < 4.78 is 2.73. The van der Waals surface area contributed by atoms with Crippen LogP contribution in [0.4, 0.5) is 0 Å². The Hall–Kier alpha value is -1.77. The zero-order valence-corrected chi connectivity index (χ0v) is 12.4. The molecule has 0 N–H and O–H groups in total. The molecular formula is C18H12S2. The van der Waals surface area contributed by atoms with Crippen molar-refractivity contribution in [1.29, 1.82) is 0 Å². The van der Waals surface area contributed by atoms with Crippen LogP contribution in [0.25, 0.3) is 20.2 Å². The molecule has 0 aliphatic carbocycles. The number of hydrogen-bond acceptors (Lipinski definition) is 2.